The van der Waals surface area contributed by atoms with Gasteiger partial charge in [-0.2, -0.15) is 0 Å². The number of ether oxygens (including phenoxy) is 1. The zero-order valence-electron chi connectivity index (χ0n) is 8.38. The summed E-state index contributed by atoms with van der Waals surface area (Å²) >= 11 is 0. The van der Waals surface area contributed by atoms with Crippen molar-refractivity contribution in [3.05, 3.63) is 0 Å². The SMILES string of the molecule is CCCCC1CC(C)(O)CC(=O)O1. The second kappa shape index (κ2) is 4.09. The number of carbonyl (C=O) groups excluding carboxylic acids is 1. The van der Waals surface area contributed by atoms with Crippen LogP contribution in [0.4, 0.5) is 0 Å². The number of aliphatic hydroxyl groups is 1. The molecular weight excluding hydrogens is 168 g/mol. The summed E-state index contributed by atoms with van der Waals surface area (Å²) in [6, 6.07) is 0. The zero-order valence-corrected chi connectivity index (χ0v) is 8.38. The summed E-state index contributed by atoms with van der Waals surface area (Å²) in [7, 11) is 0. The maximum absolute atomic E-state index is 11.1. The van der Waals surface area contributed by atoms with Gasteiger partial charge >= 0.3 is 5.97 Å². The fraction of sp³-hybridized carbons (Fsp3) is 0.900. The average Bonchev–Trinajstić information content (AvgIpc) is 1.97. The zero-order chi connectivity index (χ0) is 9.90. The Morgan fingerprint density at radius 3 is 2.92 bits per heavy atom. The van der Waals surface area contributed by atoms with E-state index in [0.29, 0.717) is 6.42 Å². The molecule has 0 aromatic carbocycles. The number of carbonyl (C=O) groups is 1. The highest BCUT2D eigenvalue weighted by atomic mass is 16.5. The van der Waals surface area contributed by atoms with Gasteiger partial charge in [-0.15, -0.1) is 0 Å². The Labute approximate surface area is 79.1 Å². The van der Waals surface area contributed by atoms with E-state index in [0.717, 1.165) is 19.3 Å². The fourth-order valence-corrected chi connectivity index (χ4v) is 1.74. The van der Waals surface area contributed by atoms with Crippen LogP contribution in [0.5, 0.6) is 0 Å². The molecule has 1 aliphatic heterocycles. The molecule has 0 aromatic heterocycles. The predicted molar refractivity (Wildman–Crippen MR) is 49.3 cm³/mol. The Morgan fingerprint density at radius 2 is 2.38 bits per heavy atom. The van der Waals surface area contributed by atoms with Crippen LogP contribution in [-0.4, -0.2) is 22.8 Å². The molecule has 1 heterocycles. The van der Waals surface area contributed by atoms with Gasteiger partial charge < -0.3 is 9.84 Å². The smallest absolute Gasteiger partial charge is 0.308 e. The quantitative estimate of drug-likeness (QED) is 0.681. The molecule has 1 rings (SSSR count). The number of esters is 1. The Kier molecular flexibility index (Phi) is 3.31. The Hall–Kier alpha value is -0.570. The first-order valence-electron chi connectivity index (χ1n) is 4.95. The van der Waals surface area contributed by atoms with E-state index in [1.807, 2.05) is 0 Å². The molecule has 2 unspecified atom stereocenters. The molecule has 3 nitrogen and oxygen atoms in total. The van der Waals surface area contributed by atoms with Crippen molar-refractivity contribution in [2.75, 3.05) is 0 Å². The van der Waals surface area contributed by atoms with Crippen LogP contribution in [0.3, 0.4) is 0 Å². The minimum absolute atomic E-state index is 0.0730. The van der Waals surface area contributed by atoms with Gasteiger partial charge in [0.05, 0.1) is 12.0 Å². The topological polar surface area (TPSA) is 46.5 Å². The normalized spacial score (nSPS) is 34.4. The van der Waals surface area contributed by atoms with Gasteiger partial charge in [-0.1, -0.05) is 19.8 Å². The Bertz CT molecular complexity index is 187. The predicted octanol–water partition coefficient (Wildman–Crippen LogP) is 1.63. The molecule has 1 saturated heterocycles. The van der Waals surface area contributed by atoms with Crippen LogP contribution in [0, 0.1) is 0 Å². The first-order chi connectivity index (χ1) is 6.03. The molecular formula is C10H18O3. The van der Waals surface area contributed by atoms with E-state index in [9.17, 15) is 9.90 Å². The third kappa shape index (κ3) is 3.35. The highest BCUT2D eigenvalue weighted by Gasteiger charge is 2.35. The van der Waals surface area contributed by atoms with Crippen LogP contribution in [0.1, 0.15) is 46.0 Å². The third-order valence-corrected chi connectivity index (χ3v) is 2.37. The van der Waals surface area contributed by atoms with E-state index < -0.39 is 5.60 Å². The molecule has 0 saturated carbocycles. The molecule has 0 radical (unpaired) electrons. The Balaban J connectivity index is 2.43. The van der Waals surface area contributed by atoms with Crippen molar-refractivity contribution in [3.63, 3.8) is 0 Å². The van der Waals surface area contributed by atoms with Crippen LogP contribution >= 0.6 is 0 Å². The molecule has 1 fully saturated rings. The maximum atomic E-state index is 11.1. The summed E-state index contributed by atoms with van der Waals surface area (Å²) in [6.07, 6.45) is 3.66. The van der Waals surface area contributed by atoms with Crippen LogP contribution < -0.4 is 0 Å². The van der Waals surface area contributed by atoms with Gasteiger partial charge in [-0.25, -0.2) is 0 Å². The molecule has 3 heteroatoms. The third-order valence-electron chi connectivity index (χ3n) is 2.37. The largest absolute Gasteiger partial charge is 0.462 e. The molecule has 0 aliphatic carbocycles. The van der Waals surface area contributed by atoms with Gasteiger partial charge in [0.15, 0.2) is 0 Å². The van der Waals surface area contributed by atoms with Crippen LogP contribution in [0.25, 0.3) is 0 Å². The minimum Gasteiger partial charge on any atom is -0.462 e. The van der Waals surface area contributed by atoms with Crippen LogP contribution in [-0.2, 0) is 9.53 Å². The molecule has 0 bridgehead atoms. The average molecular weight is 186 g/mol. The van der Waals surface area contributed by atoms with Crippen LogP contribution in [0.2, 0.25) is 0 Å². The van der Waals surface area contributed by atoms with E-state index >= 15 is 0 Å². The summed E-state index contributed by atoms with van der Waals surface area (Å²) in [4.78, 5) is 11.1. The Morgan fingerprint density at radius 1 is 1.69 bits per heavy atom. The molecule has 1 N–H and O–H groups in total. The lowest BCUT2D eigenvalue weighted by molar-refractivity contribution is -0.168. The van der Waals surface area contributed by atoms with E-state index in [-0.39, 0.29) is 18.5 Å². The lowest BCUT2D eigenvalue weighted by Crippen LogP contribution is -2.40. The number of hydrogen-bond acceptors (Lipinski definition) is 3. The molecule has 13 heavy (non-hydrogen) atoms. The summed E-state index contributed by atoms with van der Waals surface area (Å²) in [5.41, 5.74) is -0.853. The van der Waals surface area contributed by atoms with Crippen molar-refractivity contribution in [3.8, 4) is 0 Å². The van der Waals surface area contributed by atoms with Gasteiger partial charge in [0.1, 0.15) is 6.10 Å². The standard InChI is InChI=1S/C10H18O3/c1-3-4-5-8-6-10(2,12)7-9(11)13-8/h8,12H,3-7H2,1-2H3. The minimum atomic E-state index is -0.853. The van der Waals surface area contributed by atoms with Gasteiger partial charge in [-0.05, 0) is 13.3 Å². The van der Waals surface area contributed by atoms with Gasteiger partial charge in [0, 0.05) is 6.42 Å². The fourth-order valence-electron chi connectivity index (χ4n) is 1.74. The maximum Gasteiger partial charge on any atom is 0.308 e. The summed E-state index contributed by atoms with van der Waals surface area (Å²) in [6.45, 7) is 3.80. The van der Waals surface area contributed by atoms with Gasteiger partial charge in [-0.3, -0.25) is 4.79 Å². The molecule has 0 amide bonds. The number of cyclic esters (lactones) is 1. The van der Waals surface area contributed by atoms with E-state index in [1.54, 1.807) is 6.92 Å². The highest BCUT2D eigenvalue weighted by molar-refractivity contribution is 5.71. The van der Waals surface area contributed by atoms with E-state index in [1.165, 1.54) is 0 Å². The van der Waals surface area contributed by atoms with E-state index in [2.05, 4.69) is 6.92 Å². The van der Waals surface area contributed by atoms with Crippen molar-refractivity contribution in [2.45, 2.75) is 57.7 Å². The lowest BCUT2D eigenvalue weighted by atomic mass is 9.90. The number of unbranched alkanes of at least 4 members (excludes halogenated alkanes) is 1. The molecule has 2 atom stereocenters. The molecule has 1 aliphatic rings. The van der Waals surface area contributed by atoms with Crippen molar-refractivity contribution in [1.82, 2.24) is 0 Å². The van der Waals surface area contributed by atoms with Crippen molar-refractivity contribution >= 4 is 5.97 Å². The van der Waals surface area contributed by atoms with E-state index in [4.69, 9.17) is 4.74 Å². The second-order valence-electron chi connectivity index (χ2n) is 4.13. The summed E-state index contributed by atoms with van der Waals surface area (Å²) in [5.74, 6) is -0.266. The molecule has 0 aromatic rings. The number of hydrogen-bond donors (Lipinski definition) is 1. The lowest BCUT2D eigenvalue weighted by Gasteiger charge is -2.33. The summed E-state index contributed by atoms with van der Waals surface area (Å²) < 4.78 is 5.13. The molecule has 0 spiro atoms. The van der Waals surface area contributed by atoms with Gasteiger partial charge in [0.2, 0.25) is 0 Å². The number of rotatable bonds is 3. The first kappa shape index (κ1) is 10.5. The molecule has 76 valence electrons. The highest BCUT2D eigenvalue weighted by Crippen LogP contribution is 2.27. The van der Waals surface area contributed by atoms with Gasteiger partial charge in [0.25, 0.3) is 0 Å². The van der Waals surface area contributed by atoms with Crippen molar-refractivity contribution in [2.24, 2.45) is 0 Å². The second-order valence-corrected chi connectivity index (χ2v) is 4.13. The summed E-state index contributed by atoms with van der Waals surface area (Å²) in [5, 5.41) is 9.71. The first-order valence-corrected chi connectivity index (χ1v) is 4.95. The van der Waals surface area contributed by atoms with Crippen molar-refractivity contribution in [1.29, 1.82) is 0 Å². The van der Waals surface area contributed by atoms with Crippen molar-refractivity contribution < 1.29 is 14.6 Å². The van der Waals surface area contributed by atoms with Crippen LogP contribution in [0.15, 0.2) is 0 Å². The monoisotopic (exact) mass is 186 g/mol.